The fourth-order valence-electron chi connectivity index (χ4n) is 1.49. The Kier molecular flexibility index (Phi) is 3.13. The van der Waals surface area contributed by atoms with Gasteiger partial charge in [-0.3, -0.25) is 0 Å². The Balaban J connectivity index is 2.35. The SMILES string of the molecule is NCC(c1cccc(Br)c1)n1cncn1. The number of nitrogens with zero attached hydrogens (tertiary/aromatic N) is 3. The lowest BCUT2D eigenvalue weighted by Crippen LogP contribution is -2.20. The maximum atomic E-state index is 5.74. The standard InChI is InChI=1S/C10H11BrN4/c11-9-3-1-2-8(4-9)10(5-12)15-7-13-6-14-15/h1-4,6-7,10H,5,12H2. The molecule has 1 atom stereocenters. The first-order chi connectivity index (χ1) is 7.31. The molecule has 0 fully saturated rings. The van der Waals surface area contributed by atoms with Gasteiger partial charge in [-0.1, -0.05) is 28.1 Å². The molecule has 5 heteroatoms. The monoisotopic (exact) mass is 266 g/mol. The maximum absolute atomic E-state index is 5.74. The van der Waals surface area contributed by atoms with Gasteiger partial charge in [-0.25, -0.2) is 9.67 Å². The predicted octanol–water partition coefficient (Wildman–Crippen LogP) is 1.59. The smallest absolute Gasteiger partial charge is 0.137 e. The van der Waals surface area contributed by atoms with Crippen molar-refractivity contribution in [3.8, 4) is 0 Å². The molecule has 0 aliphatic rings. The van der Waals surface area contributed by atoms with Crippen LogP contribution in [0.2, 0.25) is 0 Å². The van der Waals surface area contributed by atoms with E-state index in [9.17, 15) is 0 Å². The van der Waals surface area contributed by atoms with Crippen molar-refractivity contribution in [1.29, 1.82) is 0 Å². The van der Waals surface area contributed by atoms with Gasteiger partial charge >= 0.3 is 0 Å². The molecule has 1 aromatic carbocycles. The topological polar surface area (TPSA) is 56.7 Å². The quantitative estimate of drug-likeness (QED) is 0.918. The summed E-state index contributed by atoms with van der Waals surface area (Å²) < 4.78 is 2.81. The van der Waals surface area contributed by atoms with Gasteiger partial charge in [0.2, 0.25) is 0 Å². The highest BCUT2D eigenvalue weighted by atomic mass is 79.9. The van der Waals surface area contributed by atoms with Crippen LogP contribution in [0.5, 0.6) is 0 Å². The molecule has 0 saturated heterocycles. The summed E-state index contributed by atoms with van der Waals surface area (Å²) in [4.78, 5) is 3.92. The summed E-state index contributed by atoms with van der Waals surface area (Å²) in [5.74, 6) is 0. The number of hydrogen-bond donors (Lipinski definition) is 1. The minimum Gasteiger partial charge on any atom is -0.328 e. The molecule has 0 aliphatic heterocycles. The van der Waals surface area contributed by atoms with E-state index >= 15 is 0 Å². The number of halogens is 1. The second kappa shape index (κ2) is 4.55. The molecule has 0 aliphatic carbocycles. The summed E-state index contributed by atoms with van der Waals surface area (Å²) >= 11 is 3.44. The molecular weight excluding hydrogens is 256 g/mol. The minimum atomic E-state index is 0.0463. The van der Waals surface area contributed by atoms with Crippen LogP contribution in [0.25, 0.3) is 0 Å². The van der Waals surface area contributed by atoms with Crippen LogP contribution in [0, 0.1) is 0 Å². The summed E-state index contributed by atoms with van der Waals surface area (Å²) in [5.41, 5.74) is 6.86. The molecule has 2 N–H and O–H groups in total. The maximum Gasteiger partial charge on any atom is 0.137 e. The van der Waals surface area contributed by atoms with Crippen LogP contribution >= 0.6 is 15.9 Å². The molecule has 0 saturated carbocycles. The van der Waals surface area contributed by atoms with Crippen molar-refractivity contribution in [1.82, 2.24) is 14.8 Å². The van der Waals surface area contributed by atoms with Crippen molar-refractivity contribution in [3.05, 3.63) is 47.0 Å². The Morgan fingerprint density at radius 3 is 2.93 bits per heavy atom. The van der Waals surface area contributed by atoms with Crippen LogP contribution in [0.15, 0.2) is 41.4 Å². The Morgan fingerprint density at radius 1 is 1.47 bits per heavy atom. The van der Waals surface area contributed by atoms with Gasteiger partial charge in [0, 0.05) is 11.0 Å². The van der Waals surface area contributed by atoms with E-state index in [1.165, 1.54) is 6.33 Å². The first-order valence-electron chi connectivity index (χ1n) is 4.61. The molecule has 0 radical (unpaired) electrons. The summed E-state index contributed by atoms with van der Waals surface area (Å²) in [6.07, 6.45) is 3.19. The van der Waals surface area contributed by atoms with Gasteiger partial charge in [0.15, 0.2) is 0 Å². The van der Waals surface area contributed by atoms with Crippen LogP contribution in [-0.2, 0) is 0 Å². The lowest BCUT2D eigenvalue weighted by molar-refractivity contribution is 0.530. The second-order valence-corrected chi connectivity index (χ2v) is 4.10. The number of rotatable bonds is 3. The van der Waals surface area contributed by atoms with Gasteiger partial charge in [0.1, 0.15) is 12.7 Å². The molecule has 15 heavy (non-hydrogen) atoms. The van der Waals surface area contributed by atoms with Crippen LogP contribution < -0.4 is 5.73 Å². The van der Waals surface area contributed by atoms with Crippen molar-refractivity contribution in [2.75, 3.05) is 6.54 Å². The zero-order valence-corrected chi connectivity index (χ0v) is 9.63. The largest absolute Gasteiger partial charge is 0.328 e. The Bertz CT molecular complexity index is 427. The molecule has 1 aromatic heterocycles. The Morgan fingerprint density at radius 2 is 2.33 bits per heavy atom. The van der Waals surface area contributed by atoms with Gasteiger partial charge in [0.05, 0.1) is 6.04 Å². The van der Waals surface area contributed by atoms with Crippen LogP contribution in [0.4, 0.5) is 0 Å². The zero-order chi connectivity index (χ0) is 10.7. The van der Waals surface area contributed by atoms with Crippen molar-refractivity contribution >= 4 is 15.9 Å². The van der Waals surface area contributed by atoms with Gasteiger partial charge < -0.3 is 5.73 Å². The Labute approximate surface area is 96.3 Å². The van der Waals surface area contributed by atoms with Crippen LogP contribution in [0.1, 0.15) is 11.6 Å². The van der Waals surface area contributed by atoms with E-state index in [0.29, 0.717) is 6.54 Å². The third-order valence-electron chi connectivity index (χ3n) is 2.21. The van der Waals surface area contributed by atoms with Gasteiger partial charge in [0.25, 0.3) is 0 Å². The highest BCUT2D eigenvalue weighted by Crippen LogP contribution is 2.19. The molecule has 2 aromatic rings. The lowest BCUT2D eigenvalue weighted by Gasteiger charge is -2.15. The van der Waals surface area contributed by atoms with Crippen molar-refractivity contribution in [3.63, 3.8) is 0 Å². The summed E-state index contributed by atoms with van der Waals surface area (Å²) in [7, 11) is 0. The molecule has 0 bridgehead atoms. The highest BCUT2D eigenvalue weighted by molar-refractivity contribution is 9.10. The zero-order valence-electron chi connectivity index (χ0n) is 8.05. The van der Waals surface area contributed by atoms with Crippen molar-refractivity contribution in [2.24, 2.45) is 5.73 Å². The molecule has 78 valence electrons. The van der Waals surface area contributed by atoms with Gasteiger partial charge in [-0.05, 0) is 17.7 Å². The summed E-state index contributed by atoms with van der Waals surface area (Å²) in [6, 6.07) is 8.09. The number of nitrogens with two attached hydrogens (primary N) is 1. The van der Waals surface area contributed by atoms with E-state index < -0.39 is 0 Å². The van der Waals surface area contributed by atoms with E-state index in [1.54, 1.807) is 11.0 Å². The fourth-order valence-corrected chi connectivity index (χ4v) is 1.91. The van der Waals surface area contributed by atoms with E-state index in [-0.39, 0.29) is 6.04 Å². The summed E-state index contributed by atoms with van der Waals surface area (Å²) in [6.45, 7) is 0.500. The normalized spacial score (nSPS) is 12.7. The van der Waals surface area contributed by atoms with E-state index in [2.05, 4.69) is 26.0 Å². The summed E-state index contributed by atoms with van der Waals surface area (Å²) in [5, 5.41) is 4.10. The lowest BCUT2D eigenvalue weighted by atomic mass is 10.1. The van der Waals surface area contributed by atoms with E-state index in [0.717, 1.165) is 10.0 Å². The fraction of sp³-hybridized carbons (Fsp3) is 0.200. The van der Waals surface area contributed by atoms with E-state index in [4.69, 9.17) is 5.73 Å². The average Bonchev–Trinajstić information content (AvgIpc) is 2.72. The Hall–Kier alpha value is -1.20. The third-order valence-corrected chi connectivity index (χ3v) is 2.71. The number of benzene rings is 1. The minimum absolute atomic E-state index is 0.0463. The first kappa shape index (κ1) is 10.3. The molecule has 0 amide bonds. The second-order valence-electron chi connectivity index (χ2n) is 3.18. The van der Waals surface area contributed by atoms with Crippen LogP contribution in [-0.4, -0.2) is 21.3 Å². The first-order valence-corrected chi connectivity index (χ1v) is 5.40. The van der Waals surface area contributed by atoms with Crippen LogP contribution in [0.3, 0.4) is 0 Å². The molecule has 4 nitrogen and oxygen atoms in total. The number of aromatic nitrogens is 3. The van der Waals surface area contributed by atoms with E-state index in [1.807, 2.05) is 24.3 Å². The van der Waals surface area contributed by atoms with Crippen molar-refractivity contribution < 1.29 is 0 Å². The molecule has 1 heterocycles. The predicted molar refractivity (Wildman–Crippen MR) is 61.4 cm³/mol. The average molecular weight is 267 g/mol. The van der Waals surface area contributed by atoms with Gasteiger partial charge in [-0.2, -0.15) is 5.10 Å². The van der Waals surface area contributed by atoms with Crippen molar-refractivity contribution in [2.45, 2.75) is 6.04 Å². The molecule has 0 spiro atoms. The molecular formula is C10H11BrN4. The number of hydrogen-bond acceptors (Lipinski definition) is 3. The third kappa shape index (κ3) is 2.24. The van der Waals surface area contributed by atoms with Gasteiger partial charge in [-0.15, -0.1) is 0 Å². The molecule has 1 unspecified atom stereocenters. The molecule has 2 rings (SSSR count). The highest BCUT2D eigenvalue weighted by Gasteiger charge is 2.12.